The van der Waals surface area contributed by atoms with E-state index in [1.165, 1.54) is 0 Å². The molecule has 0 aromatic heterocycles. The number of hydrogen-bond acceptors (Lipinski definition) is 5. The van der Waals surface area contributed by atoms with Crippen LogP contribution in [0.1, 0.15) is 50.5 Å². The van der Waals surface area contributed by atoms with Gasteiger partial charge in [-0.25, -0.2) is 9.79 Å². The predicted molar refractivity (Wildman–Crippen MR) is 134 cm³/mol. The molecule has 2 heterocycles. The van der Waals surface area contributed by atoms with Crippen molar-refractivity contribution < 1.29 is 19.1 Å². The van der Waals surface area contributed by atoms with Gasteiger partial charge in [0.2, 0.25) is 0 Å². The maximum Gasteiger partial charge on any atom is 0.410 e. The molecule has 8 nitrogen and oxygen atoms in total. The van der Waals surface area contributed by atoms with Gasteiger partial charge in [-0.1, -0.05) is 17.2 Å². The Morgan fingerprint density at radius 1 is 1.24 bits per heavy atom. The summed E-state index contributed by atoms with van der Waals surface area (Å²) in [6.45, 7) is 12.2. The highest BCUT2D eigenvalue weighted by molar-refractivity contribution is 6.31. The first-order valence-electron chi connectivity index (χ1n) is 11.3. The number of halogens is 1. The highest BCUT2D eigenvalue weighted by Crippen LogP contribution is 2.31. The van der Waals surface area contributed by atoms with Gasteiger partial charge in [0.15, 0.2) is 0 Å². The maximum absolute atomic E-state index is 13.0. The SMILES string of the molecule is CC1=CC(C)=NC(=O)C1CNC(=O)c1cc(Cl)cc(N(C)C2CN(C(=O)OC(C)(C)C)C2)c1C. The fourth-order valence-electron chi connectivity index (χ4n) is 4.09. The number of carbonyl (C=O) groups excluding carboxylic acids is 3. The van der Waals surface area contributed by atoms with E-state index in [-0.39, 0.29) is 30.5 Å². The van der Waals surface area contributed by atoms with Crippen LogP contribution in [0, 0.1) is 12.8 Å². The minimum atomic E-state index is -0.540. The summed E-state index contributed by atoms with van der Waals surface area (Å²) in [4.78, 5) is 45.2. The largest absolute Gasteiger partial charge is 0.444 e. The van der Waals surface area contributed by atoms with Gasteiger partial charge in [-0.05, 0) is 65.3 Å². The summed E-state index contributed by atoms with van der Waals surface area (Å²) in [6.07, 6.45) is 1.52. The summed E-state index contributed by atoms with van der Waals surface area (Å²) in [5, 5.41) is 3.30. The van der Waals surface area contributed by atoms with Crippen molar-refractivity contribution in [2.45, 2.75) is 53.2 Å². The first-order chi connectivity index (χ1) is 15.8. The van der Waals surface area contributed by atoms with E-state index < -0.39 is 11.5 Å². The Bertz CT molecular complexity index is 1070. The van der Waals surface area contributed by atoms with Crippen LogP contribution in [-0.4, -0.2) is 66.8 Å². The number of rotatable bonds is 5. The van der Waals surface area contributed by atoms with Crippen molar-refractivity contribution in [2.24, 2.45) is 10.9 Å². The molecule has 1 fully saturated rings. The van der Waals surface area contributed by atoms with Crippen molar-refractivity contribution in [1.29, 1.82) is 0 Å². The number of dihydropyridines is 1. The Morgan fingerprint density at radius 2 is 1.88 bits per heavy atom. The molecule has 1 atom stereocenters. The molecule has 34 heavy (non-hydrogen) atoms. The number of hydrogen-bond donors (Lipinski definition) is 1. The summed E-state index contributed by atoms with van der Waals surface area (Å²) in [7, 11) is 1.92. The van der Waals surface area contributed by atoms with Crippen LogP contribution in [-0.2, 0) is 9.53 Å². The maximum atomic E-state index is 13.0. The van der Waals surface area contributed by atoms with E-state index in [0.717, 1.165) is 16.8 Å². The molecule has 9 heteroatoms. The van der Waals surface area contributed by atoms with Crippen molar-refractivity contribution in [2.75, 3.05) is 31.6 Å². The lowest BCUT2D eigenvalue weighted by Crippen LogP contribution is -2.61. The number of anilines is 1. The molecule has 1 N–H and O–H groups in total. The zero-order valence-corrected chi connectivity index (χ0v) is 21.6. The molecule has 1 aromatic rings. The molecule has 0 spiro atoms. The zero-order valence-electron chi connectivity index (χ0n) is 20.9. The van der Waals surface area contributed by atoms with Crippen LogP contribution in [0.5, 0.6) is 0 Å². The number of likely N-dealkylation sites (tertiary alicyclic amines) is 1. The number of nitrogens with zero attached hydrogens (tertiary/aromatic N) is 3. The molecule has 0 radical (unpaired) electrons. The fourth-order valence-corrected chi connectivity index (χ4v) is 4.30. The van der Waals surface area contributed by atoms with Gasteiger partial charge < -0.3 is 19.9 Å². The average molecular weight is 489 g/mol. The third kappa shape index (κ3) is 5.78. The lowest BCUT2D eigenvalue weighted by Gasteiger charge is -2.45. The van der Waals surface area contributed by atoms with E-state index in [1.54, 1.807) is 17.9 Å². The zero-order chi connectivity index (χ0) is 25.4. The lowest BCUT2D eigenvalue weighted by molar-refractivity contribution is -0.120. The molecule has 184 valence electrons. The second-order valence-electron chi connectivity index (χ2n) is 9.99. The fraction of sp³-hybridized carbons (Fsp3) is 0.520. The van der Waals surface area contributed by atoms with Crippen LogP contribution in [0.3, 0.4) is 0 Å². The van der Waals surface area contributed by atoms with Crippen LogP contribution in [0.2, 0.25) is 5.02 Å². The van der Waals surface area contributed by atoms with Gasteiger partial charge in [0.1, 0.15) is 5.60 Å². The monoisotopic (exact) mass is 488 g/mol. The second kappa shape index (κ2) is 9.78. The molecule has 2 aliphatic heterocycles. The number of benzene rings is 1. The number of ether oxygens (including phenoxy) is 1. The van der Waals surface area contributed by atoms with Gasteiger partial charge >= 0.3 is 6.09 Å². The number of carbonyl (C=O) groups is 3. The minimum Gasteiger partial charge on any atom is -0.444 e. The van der Waals surface area contributed by atoms with E-state index in [2.05, 4.69) is 10.3 Å². The summed E-state index contributed by atoms with van der Waals surface area (Å²) >= 11 is 6.37. The van der Waals surface area contributed by atoms with Crippen LogP contribution in [0.4, 0.5) is 10.5 Å². The molecule has 3 amide bonds. The normalized spacial score (nSPS) is 18.6. The van der Waals surface area contributed by atoms with Crippen molar-refractivity contribution in [1.82, 2.24) is 10.2 Å². The van der Waals surface area contributed by atoms with Crippen molar-refractivity contribution in [3.63, 3.8) is 0 Å². The van der Waals surface area contributed by atoms with Crippen LogP contribution in [0.15, 0.2) is 28.8 Å². The average Bonchev–Trinajstić information content (AvgIpc) is 2.65. The smallest absolute Gasteiger partial charge is 0.410 e. The van der Waals surface area contributed by atoms with Gasteiger partial charge in [-0.15, -0.1) is 0 Å². The Hall–Kier alpha value is -2.87. The van der Waals surface area contributed by atoms with Crippen molar-refractivity contribution >= 4 is 40.9 Å². The molecule has 0 saturated carbocycles. The standard InChI is InChI=1S/C25H33ClN4O4/c1-14-8-15(2)28-23(32)20(14)11-27-22(31)19-9-17(26)10-21(16(19)3)29(7)18-12-30(13-18)24(33)34-25(4,5)6/h8-10,18,20H,11-13H2,1-7H3,(H,27,31). The Kier molecular flexibility index (Phi) is 7.41. The highest BCUT2D eigenvalue weighted by atomic mass is 35.5. The molecule has 0 bridgehead atoms. The Morgan fingerprint density at radius 3 is 2.47 bits per heavy atom. The summed E-state index contributed by atoms with van der Waals surface area (Å²) in [5.74, 6) is -1.02. The molecule has 2 aliphatic rings. The quantitative estimate of drug-likeness (QED) is 0.676. The molecular formula is C25H33ClN4O4. The number of amides is 3. The topological polar surface area (TPSA) is 91.3 Å². The van der Waals surface area contributed by atoms with E-state index in [9.17, 15) is 14.4 Å². The van der Waals surface area contributed by atoms with E-state index >= 15 is 0 Å². The van der Waals surface area contributed by atoms with E-state index in [0.29, 0.717) is 29.4 Å². The molecule has 1 saturated heterocycles. The van der Waals surface area contributed by atoms with Crippen LogP contribution >= 0.6 is 11.6 Å². The third-order valence-electron chi connectivity index (χ3n) is 6.07. The highest BCUT2D eigenvalue weighted by Gasteiger charge is 2.36. The number of nitrogens with one attached hydrogen (secondary N) is 1. The van der Waals surface area contributed by atoms with Crippen LogP contribution < -0.4 is 10.2 Å². The van der Waals surface area contributed by atoms with Gasteiger partial charge in [0, 0.05) is 48.7 Å². The number of allylic oxidation sites excluding steroid dienone is 1. The molecule has 0 aliphatic carbocycles. The Labute approximate surface area is 206 Å². The summed E-state index contributed by atoms with van der Waals surface area (Å²) in [5.41, 5.74) is 3.04. The van der Waals surface area contributed by atoms with Gasteiger partial charge in [-0.3, -0.25) is 9.59 Å². The van der Waals surface area contributed by atoms with Crippen molar-refractivity contribution in [3.8, 4) is 0 Å². The van der Waals surface area contributed by atoms with Crippen molar-refractivity contribution in [3.05, 3.63) is 39.9 Å². The molecule has 1 aromatic carbocycles. The second-order valence-corrected chi connectivity index (χ2v) is 10.4. The van der Waals surface area contributed by atoms with Gasteiger partial charge in [0.05, 0.1) is 12.0 Å². The molecule has 1 unspecified atom stereocenters. The molecular weight excluding hydrogens is 456 g/mol. The summed E-state index contributed by atoms with van der Waals surface area (Å²) < 4.78 is 5.43. The predicted octanol–water partition coefficient (Wildman–Crippen LogP) is 4.00. The van der Waals surface area contributed by atoms with Gasteiger partial charge in [-0.2, -0.15) is 0 Å². The number of likely N-dealkylation sites (N-methyl/N-ethyl adjacent to an activating group) is 1. The molecule has 3 rings (SSSR count). The first-order valence-corrected chi connectivity index (χ1v) is 11.7. The van der Waals surface area contributed by atoms with Crippen LogP contribution in [0.25, 0.3) is 0 Å². The van der Waals surface area contributed by atoms with E-state index in [4.69, 9.17) is 16.3 Å². The van der Waals surface area contributed by atoms with Gasteiger partial charge in [0.25, 0.3) is 11.8 Å². The third-order valence-corrected chi connectivity index (χ3v) is 6.29. The number of aliphatic imine (C=N–C) groups is 1. The summed E-state index contributed by atoms with van der Waals surface area (Å²) in [6, 6.07) is 3.53. The van der Waals surface area contributed by atoms with E-state index in [1.807, 2.05) is 58.7 Å². The first kappa shape index (κ1) is 25.7. The minimum absolute atomic E-state index is 0.0781. The Balaban J connectivity index is 1.68. The lowest BCUT2D eigenvalue weighted by atomic mass is 9.95.